The van der Waals surface area contributed by atoms with E-state index in [2.05, 4.69) is 6.07 Å². The summed E-state index contributed by atoms with van der Waals surface area (Å²) < 4.78 is 6.67. The Labute approximate surface area is 150 Å². The number of fused-ring (bicyclic) bond motifs is 1. The molecule has 20 heavy (non-hydrogen) atoms. The molecule has 2 aromatic rings. The SMILES string of the molecule is CC(C)(C)OC(=O)n1c[c-]c2cc(C=O)ccc21.[Am].[Y]. The van der Waals surface area contributed by atoms with Crippen LogP contribution in [0.15, 0.2) is 24.4 Å². The van der Waals surface area contributed by atoms with Gasteiger partial charge in [0.1, 0.15) is 11.9 Å². The van der Waals surface area contributed by atoms with Gasteiger partial charge < -0.3 is 9.30 Å². The van der Waals surface area contributed by atoms with E-state index in [0.717, 1.165) is 6.29 Å². The molecule has 0 unspecified atom stereocenters. The van der Waals surface area contributed by atoms with E-state index in [9.17, 15) is 9.59 Å². The van der Waals surface area contributed by atoms with Gasteiger partial charge in [-0.15, -0.1) is 0 Å². The van der Waals surface area contributed by atoms with Crippen molar-refractivity contribution >= 4 is 23.3 Å². The number of ether oxygens (including phenoxy) is 1. The van der Waals surface area contributed by atoms with Gasteiger partial charge in [0.15, 0.2) is 0 Å². The predicted octanol–water partition coefficient (Wildman–Crippen LogP) is 3.03. The molecule has 104 valence electrons. The number of aromatic nitrogens is 1. The van der Waals surface area contributed by atoms with Gasteiger partial charge in [0.25, 0.3) is 0 Å². The van der Waals surface area contributed by atoms with E-state index >= 15 is 0 Å². The first-order valence-corrected chi connectivity index (χ1v) is 5.62. The molecular formula is C14H14AmNO3Y-. The molecule has 0 amide bonds. The van der Waals surface area contributed by atoms with Gasteiger partial charge >= 0.3 is 6.09 Å². The number of nitrogens with zero attached hydrogens (tertiary/aromatic N) is 1. The van der Waals surface area contributed by atoms with Crippen LogP contribution >= 0.6 is 0 Å². The quantitative estimate of drug-likeness (QED) is 0.388. The van der Waals surface area contributed by atoms with E-state index in [1.165, 1.54) is 10.8 Å². The summed E-state index contributed by atoms with van der Waals surface area (Å²) in [6, 6.07) is 7.98. The maximum absolute atomic E-state index is 11.9. The number of hydrogen-bond acceptors (Lipinski definition) is 3. The molecule has 0 atom stereocenters. The Kier molecular flexibility index (Phi) is 7.19. The van der Waals surface area contributed by atoms with Crippen molar-refractivity contribution in [1.82, 2.24) is 4.57 Å². The molecule has 2 radical (unpaired) electrons. The van der Waals surface area contributed by atoms with Crippen LogP contribution in [0.1, 0.15) is 31.1 Å². The van der Waals surface area contributed by atoms with Gasteiger partial charge in [-0.25, -0.2) is 4.79 Å². The van der Waals surface area contributed by atoms with E-state index in [4.69, 9.17) is 4.74 Å². The fraction of sp³-hybridized carbons (Fsp3) is 0.286. The van der Waals surface area contributed by atoms with Crippen LogP contribution in [0.5, 0.6) is 0 Å². The Hall–Kier alpha value is -0.606. The Morgan fingerprint density at radius 1 is 1.35 bits per heavy atom. The van der Waals surface area contributed by atoms with E-state index in [1.807, 2.05) is 20.8 Å². The first kappa shape index (κ1) is 19.4. The second-order valence-electron chi connectivity index (χ2n) is 5.02. The molecule has 1 aromatic carbocycles. The number of carbonyl (C=O) groups excluding carboxylic acids is 2. The van der Waals surface area contributed by atoms with Crippen molar-refractivity contribution in [1.29, 1.82) is 0 Å². The summed E-state index contributed by atoms with van der Waals surface area (Å²) in [4.78, 5) is 22.6. The minimum Gasteiger partial charge on any atom is -0.444 e. The first-order valence-electron chi connectivity index (χ1n) is 5.62. The van der Waals surface area contributed by atoms with Crippen molar-refractivity contribution in [3.63, 3.8) is 0 Å². The number of carbonyl (C=O) groups is 2. The van der Waals surface area contributed by atoms with Crippen molar-refractivity contribution < 1.29 is 61.3 Å². The Bertz CT molecular complexity index is 616. The van der Waals surface area contributed by atoms with Gasteiger partial charge in [-0.1, -0.05) is 23.8 Å². The molecule has 0 saturated carbocycles. The number of rotatable bonds is 1. The van der Waals surface area contributed by atoms with Crippen LogP contribution in [-0.4, -0.2) is 22.5 Å². The van der Waals surface area contributed by atoms with E-state index in [1.54, 1.807) is 18.2 Å². The normalized spacial score (nSPS) is 10.3. The Morgan fingerprint density at radius 2 is 2.00 bits per heavy atom. The molecular weight excluding hydrogens is 562 g/mol. The van der Waals surface area contributed by atoms with Gasteiger partial charge in [-0.05, 0) is 26.3 Å². The third-order valence-electron chi connectivity index (χ3n) is 2.36. The van der Waals surface area contributed by atoms with Gasteiger partial charge in [-0.2, -0.15) is 17.5 Å². The van der Waals surface area contributed by atoms with Crippen molar-refractivity contribution in [2.45, 2.75) is 26.4 Å². The van der Waals surface area contributed by atoms with Gasteiger partial charge in [0.2, 0.25) is 0 Å². The Morgan fingerprint density at radius 3 is 2.55 bits per heavy atom. The van der Waals surface area contributed by atoms with Crippen LogP contribution in [-0.2, 0) is 37.4 Å². The van der Waals surface area contributed by atoms with Crippen LogP contribution < -0.4 is 0 Å². The van der Waals surface area contributed by atoms with Gasteiger partial charge in [-0.3, -0.25) is 4.79 Å². The number of hydrogen-bond donors (Lipinski definition) is 0. The average Bonchev–Trinajstić information content (AvgIpc) is 2.69. The smallest absolute Gasteiger partial charge is 0.406 e. The van der Waals surface area contributed by atoms with E-state index in [0.29, 0.717) is 16.5 Å². The molecule has 2 rings (SSSR count). The van der Waals surface area contributed by atoms with Crippen LogP contribution in [0, 0.1) is 20.3 Å². The first-order chi connectivity index (χ1) is 8.40. The maximum atomic E-state index is 11.9. The molecule has 6 heteroatoms. The molecule has 0 saturated heterocycles. The predicted molar refractivity (Wildman–Crippen MR) is 67.8 cm³/mol. The van der Waals surface area contributed by atoms with Crippen LogP contribution in [0.3, 0.4) is 0 Å². The molecule has 0 spiro atoms. The summed E-state index contributed by atoms with van der Waals surface area (Å²) >= 11 is 0. The summed E-state index contributed by atoms with van der Waals surface area (Å²) in [5, 5.41) is 0.713. The van der Waals surface area contributed by atoms with Crippen molar-refractivity contribution in [2.75, 3.05) is 0 Å². The zero-order valence-electron chi connectivity index (χ0n) is 11.5. The van der Waals surface area contributed by atoms with Crippen molar-refractivity contribution in [2.24, 2.45) is 0 Å². The summed E-state index contributed by atoms with van der Waals surface area (Å²) in [5.74, 6) is 0. The summed E-state index contributed by atoms with van der Waals surface area (Å²) in [6.07, 6.45) is 1.83. The zero-order valence-corrected chi connectivity index (χ0v) is 17.5. The van der Waals surface area contributed by atoms with Crippen LogP contribution in [0.2, 0.25) is 0 Å². The monoisotopic (exact) mass is 574 g/mol. The molecule has 1 aromatic heterocycles. The third kappa shape index (κ3) is 4.45. The fourth-order valence-corrected chi connectivity index (χ4v) is 1.62. The average molecular weight is 576 g/mol. The fourth-order valence-electron chi connectivity index (χ4n) is 1.62. The molecule has 0 fully saturated rings. The molecule has 4 nitrogen and oxygen atoms in total. The van der Waals surface area contributed by atoms with E-state index in [-0.39, 0.29) is 47.0 Å². The van der Waals surface area contributed by atoms with Gasteiger partial charge in [0.05, 0.1) is 0 Å². The largest absolute Gasteiger partial charge is 0.444 e. The zero-order chi connectivity index (χ0) is 13.3. The second-order valence-corrected chi connectivity index (χ2v) is 5.02. The van der Waals surface area contributed by atoms with Crippen LogP contribution in [0.25, 0.3) is 10.9 Å². The summed E-state index contributed by atoms with van der Waals surface area (Å²) in [5.41, 5.74) is 0.687. The molecule has 0 bridgehead atoms. The molecule has 0 aliphatic carbocycles. The van der Waals surface area contributed by atoms with Crippen molar-refractivity contribution in [3.8, 4) is 0 Å². The summed E-state index contributed by atoms with van der Waals surface area (Å²) in [7, 11) is 0. The molecule has 0 aliphatic rings. The molecule has 0 N–H and O–H groups in total. The standard InChI is InChI=1S/C14H14NO3.Am.Y/c1-14(2,3)18-13(17)15-7-6-11-8-10(9-16)4-5-12(11)15;;/h4-5,7-9H,1-3H3;;/q-1;;. The maximum Gasteiger partial charge on any atom is 0.406 e. The minimum atomic E-state index is -0.545. The van der Waals surface area contributed by atoms with Crippen molar-refractivity contribution in [3.05, 3.63) is 36.0 Å². The molecule has 0 aliphatic heterocycles. The van der Waals surface area contributed by atoms with E-state index < -0.39 is 11.7 Å². The Balaban J connectivity index is 0.00000180. The summed E-state index contributed by atoms with van der Waals surface area (Å²) in [6.45, 7) is 5.43. The van der Waals surface area contributed by atoms with Crippen LogP contribution in [0.4, 0.5) is 4.79 Å². The molecule has 1 heterocycles. The topological polar surface area (TPSA) is 48.3 Å². The van der Waals surface area contributed by atoms with Gasteiger partial charge in [0, 0.05) is 47.0 Å². The minimum absolute atomic E-state index is 0. The third-order valence-corrected chi connectivity index (χ3v) is 2.36. The number of benzene rings is 1. The second kappa shape index (κ2) is 7.42. The number of aldehydes is 1.